The van der Waals surface area contributed by atoms with Crippen molar-refractivity contribution in [3.63, 3.8) is 0 Å². The second-order valence-corrected chi connectivity index (χ2v) is 11.8. The lowest BCUT2D eigenvalue weighted by Crippen LogP contribution is -2.49. The predicted octanol–water partition coefficient (Wildman–Crippen LogP) is 3.07. The lowest BCUT2D eigenvalue weighted by Gasteiger charge is -2.38. The van der Waals surface area contributed by atoms with E-state index in [1.165, 1.54) is 4.90 Å². The molecule has 0 spiro atoms. The van der Waals surface area contributed by atoms with Gasteiger partial charge in [0.15, 0.2) is 5.76 Å². The minimum Gasteiger partial charge on any atom is -0.539 e. The van der Waals surface area contributed by atoms with Gasteiger partial charge in [-0.05, 0) is 31.1 Å². The van der Waals surface area contributed by atoms with Gasteiger partial charge in [0.1, 0.15) is 0 Å². The van der Waals surface area contributed by atoms with Crippen molar-refractivity contribution in [3.05, 3.63) is 11.8 Å². The summed E-state index contributed by atoms with van der Waals surface area (Å²) in [4.78, 5) is 24.2. The third-order valence-electron chi connectivity index (χ3n) is 4.22. The van der Waals surface area contributed by atoms with Crippen LogP contribution in [0.1, 0.15) is 27.7 Å². The lowest BCUT2D eigenvalue weighted by atomic mass is 10.00. The third kappa shape index (κ3) is 4.49. The first-order valence-corrected chi connectivity index (χ1v) is 10.4. The molecule has 0 aromatic heterocycles. The maximum absolute atomic E-state index is 12.1. The Balaban J connectivity index is 2.86. The van der Waals surface area contributed by atoms with Gasteiger partial charge in [-0.25, -0.2) is 9.59 Å². The molecule has 1 fully saturated rings. The molecular weight excluding hydrogens is 302 g/mol. The summed E-state index contributed by atoms with van der Waals surface area (Å²) in [7, 11) is -2.15. The number of rotatable bonds is 5. The van der Waals surface area contributed by atoms with Crippen LogP contribution in [0.2, 0.25) is 18.1 Å². The minimum atomic E-state index is -2.15. The molecule has 0 unspecified atom stereocenters. The normalized spacial score (nSPS) is 17.0. The quantitative estimate of drug-likeness (QED) is 0.363. The molecule has 0 saturated carbocycles. The zero-order valence-electron chi connectivity index (χ0n) is 14.3. The Morgan fingerprint density at radius 3 is 2.27 bits per heavy atom. The number of carbonyl (C=O) groups is 2. The zero-order valence-corrected chi connectivity index (χ0v) is 15.3. The molecule has 1 aliphatic heterocycles. The standard InChI is InChI=1S/C15H27NO5Si/c1-7-20-13(17)12(21-22(5,6)15(2,3)4)8-11-9-16(10-11)14(18)19/h8,11H,7,9-10H2,1-6H3,(H,18,19)/b12-8-. The summed E-state index contributed by atoms with van der Waals surface area (Å²) in [5.41, 5.74) is 0. The molecule has 22 heavy (non-hydrogen) atoms. The van der Waals surface area contributed by atoms with Crippen molar-refractivity contribution in [1.29, 1.82) is 0 Å². The minimum absolute atomic E-state index is 0.000254. The second-order valence-electron chi connectivity index (χ2n) is 7.06. The van der Waals surface area contributed by atoms with E-state index >= 15 is 0 Å². The second kappa shape index (κ2) is 6.72. The summed E-state index contributed by atoms with van der Waals surface area (Å²) >= 11 is 0. The first-order valence-electron chi connectivity index (χ1n) is 7.53. The van der Waals surface area contributed by atoms with Crippen molar-refractivity contribution in [1.82, 2.24) is 4.90 Å². The van der Waals surface area contributed by atoms with Crippen LogP contribution in [0.5, 0.6) is 0 Å². The molecule has 126 valence electrons. The van der Waals surface area contributed by atoms with E-state index in [1.54, 1.807) is 13.0 Å². The summed E-state index contributed by atoms with van der Waals surface area (Å²) < 4.78 is 11.1. The van der Waals surface area contributed by atoms with Gasteiger partial charge in [0.05, 0.1) is 6.61 Å². The number of carboxylic acid groups (broad SMARTS) is 1. The number of nitrogens with zero attached hydrogens (tertiary/aromatic N) is 1. The average molecular weight is 329 g/mol. The number of likely N-dealkylation sites (tertiary alicyclic amines) is 1. The summed E-state index contributed by atoms with van der Waals surface area (Å²) in [6.07, 6.45) is 0.783. The summed E-state index contributed by atoms with van der Waals surface area (Å²) in [5.74, 6) is -0.246. The highest BCUT2D eigenvalue weighted by molar-refractivity contribution is 6.74. The number of esters is 1. The molecule has 0 aromatic carbocycles. The van der Waals surface area contributed by atoms with E-state index in [-0.39, 0.29) is 23.3 Å². The van der Waals surface area contributed by atoms with Crippen molar-refractivity contribution in [2.75, 3.05) is 19.7 Å². The van der Waals surface area contributed by atoms with Gasteiger partial charge in [-0.2, -0.15) is 0 Å². The van der Waals surface area contributed by atoms with Gasteiger partial charge in [0.25, 0.3) is 8.32 Å². The smallest absolute Gasteiger partial charge is 0.407 e. The van der Waals surface area contributed by atoms with Crippen LogP contribution in [0.4, 0.5) is 4.79 Å². The average Bonchev–Trinajstić information content (AvgIpc) is 2.29. The Bertz CT molecular complexity index is 461. The largest absolute Gasteiger partial charge is 0.539 e. The Morgan fingerprint density at radius 1 is 1.32 bits per heavy atom. The molecule has 1 heterocycles. The topological polar surface area (TPSA) is 76.1 Å². The molecule has 1 saturated heterocycles. The van der Waals surface area contributed by atoms with E-state index in [1.807, 2.05) is 0 Å². The SMILES string of the molecule is CCOC(=O)/C(=C/C1CN(C(=O)O)C1)O[Si](C)(C)C(C)(C)C. The molecule has 0 atom stereocenters. The molecule has 6 nitrogen and oxygen atoms in total. The van der Waals surface area contributed by atoms with Crippen LogP contribution in [0, 0.1) is 5.92 Å². The van der Waals surface area contributed by atoms with Crippen LogP contribution in [-0.4, -0.2) is 50.1 Å². The molecule has 0 aromatic rings. The van der Waals surface area contributed by atoms with E-state index in [4.69, 9.17) is 14.3 Å². The van der Waals surface area contributed by atoms with Crippen molar-refractivity contribution >= 4 is 20.4 Å². The molecule has 0 radical (unpaired) electrons. The molecule has 1 aliphatic rings. The fraction of sp³-hybridized carbons (Fsp3) is 0.733. The fourth-order valence-corrected chi connectivity index (χ4v) is 2.77. The number of hydrogen-bond acceptors (Lipinski definition) is 4. The Kier molecular flexibility index (Phi) is 5.67. The first kappa shape index (κ1) is 18.5. The number of carbonyl (C=O) groups excluding carboxylic acids is 1. The highest BCUT2D eigenvalue weighted by Gasteiger charge is 2.41. The number of hydrogen-bond donors (Lipinski definition) is 1. The van der Waals surface area contributed by atoms with Gasteiger partial charge in [-0.15, -0.1) is 0 Å². The molecule has 0 bridgehead atoms. The number of ether oxygens (including phenoxy) is 1. The maximum Gasteiger partial charge on any atom is 0.407 e. The summed E-state index contributed by atoms with van der Waals surface area (Å²) in [6, 6.07) is 0. The Morgan fingerprint density at radius 2 is 1.86 bits per heavy atom. The Hall–Kier alpha value is -1.50. The molecule has 7 heteroatoms. The van der Waals surface area contributed by atoms with Crippen LogP contribution in [-0.2, 0) is 14.0 Å². The van der Waals surface area contributed by atoms with Crippen LogP contribution >= 0.6 is 0 Å². The van der Waals surface area contributed by atoms with Crippen molar-refractivity contribution in [3.8, 4) is 0 Å². The van der Waals surface area contributed by atoms with Crippen LogP contribution in [0.3, 0.4) is 0 Å². The van der Waals surface area contributed by atoms with Crippen molar-refractivity contribution < 1.29 is 23.9 Å². The maximum atomic E-state index is 12.1. The van der Waals surface area contributed by atoms with Crippen LogP contribution < -0.4 is 0 Å². The van der Waals surface area contributed by atoms with E-state index in [0.717, 1.165) is 0 Å². The van der Waals surface area contributed by atoms with Crippen molar-refractivity contribution in [2.45, 2.75) is 45.8 Å². The molecular formula is C15H27NO5Si. The highest BCUT2D eigenvalue weighted by Crippen LogP contribution is 2.38. The Labute approximate surface area is 133 Å². The monoisotopic (exact) mass is 329 g/mol. The van der Waals surface area contributed by atoms with Crippen LogP contribution in [0.25, 0.3) is 0 Å². The van der Waals surface area contributed by atoms with Gasteiger partial charge in [0, 0.05) is 19.0 Å². The summed E-state index contributed by atoms with van der Waals surface area (Å²) in [6.45, 7) is 13.2. The third-order valence-corrected chi connectivity index (χ3v) is 8.56. The summed E-state index contributed by atoms with van der Waals surface area (Å²) in [5, 5.41) is 8.82. The molecule has 1 amide bonds. The van der Waals surface area contributed by atoms with Gasteiger partial charge in [-0.1, -0.05) is 20.8 Å². The molecule has 0 aliphatic carbocycles. The highest BCUT2D eigenvalue weighted by atomic mass is 28.4. The van der Waals surface area contributed by atoms with E-state index in [0.29, 0.717) is 13.1 Å². The van der Waals surface area contributed by atoms with Gasteiger partial charge in [-0.3, -0.25) is 0 Å². The van der Waals surface area contributed by atoms with Gasteiger partial charge >= 0.3 is 12.1 Å². The van der Waals surface area contributed by atoms with E-state index in [9.17, 15) is 9.59 Å². The predicted molar refractivity (Wildman–Crippen MR) is 86.1 cm³/mol. The first-order chi connectivity index (χ1) is 9.98. The van der Waals surface area contributed by atoms with E-state index < -0.39 is 20.4 Å². The van der Waals surface area contributed by atoms with E-state index in [2.05, 4.69) is 33.9 Å². The number of amides is 1. The zero-order chi connectivity index (χ0) is 17.1. The van der Waals surface area contributed by atoms with Crippen molar-refractivity contribution in [2.24, 2.45) is 5.92 Å². The lowest BCUT2D eigenvalue weighted by molar-refractivity contribution is -0.141. The molecule has 1 rings (SSSR count). The fourth-order valence-electron chi connectivity index (χ4n) is 1.76. The molecule has 1 N–H and O–H groups in total. The van der Waals surface area contributed by atoms with Gasteiger partial charge < -0.3 is 19.2 Å². The van der Waals surface area contributed by atoms with Gasteiger partial charge in [0.2, 0.25) is 0 Å². The van der Waals surface area contributed by atoms with Crippen LogP contribution in [0.15, 0.2) is 11.8 Å².